The molecule has 1 saturated heterocycles. The number of carbonyl (C=O) groups excluding carboxylic acids is 2. The summed E-state index contributed by atoms with van der Waals surface area (Å²) in [4.78, 5) is 46.0. The minimum absolute atomic E-state index is 0.155. The lowest BCUT2D eigenvalue weighted by Crippen LogP contribution is -2.50. The topological polar surface area (TPSA) is 180 Å². The van der Waals surface area contributed by atoms with E-state index in [1.165, 1.54) is 6.92 Å². The lowest BCUT2D eigenvalue weighted by atomic mass is 9.99. The van der Waals surface area contributed by atoms with Gasteiger partial charge in [0.1, 0.15) is 24.6 Å². The average Bonchev–Trinajstić information content (AvgIpc) is 3.08. The SMILES string of the molecule is CC(=O)Nc1nc2c(ncn2[C@]2(C(C)=O)O[C@H](CO)[C@@H](O)[C@H]2O)c(=O)[nH]1. The Hall–Kier alpha value is -2.67. The van der Waals surface area contributed by atoms with Crippen LogP contribution in [0.1, 0.15) is 13.8 Å². The lowest BCUT2D eigenvalue weighted by molar-refractivity contribution is -0.171. The predicted molar refractivity (Wildman–Crippen MR) is 85.1 cm³/mol. The van der Waals surface area contributed by atoms with Gasteiger partial charge >= 0.3 is 0 Å². The Morgan fingerprint density at radius 2 is 2.12 bits per heavy atom. The highest BCUT2D eigenvalue weighted by Gasteiger charge is 2.59. The Balaban J connectivity index is 2.25. The molecule has 3 heterocycles. The zero-order chi connectivity index (χ0) is 19.2. The summed E-state index contributed by atoms with van der Waals surface area (Å²) in [5.41, 5.74) is -3.16. The molecule has 0 saturated carbocycles. The zero-order valence-corrected chi connectivity index (χ0v) is 13.8. The number of aromatic amines is 1. The third-order valence-corrected chi connectivity index (χ3v) is 4.18. The molecule has 0 aromatic carbocycles. The molecule has 140 valence electrons. The smallest absolute Gasteiger partial charge is 0.280 e. The summed E-state index contributed by atoms with van der Waals surface area (Å²) < 4.78 is 6.49. The van der Waals surface area contributed by atoms with Crippen LogP contribution in [0.3, 0.4) is 0 Å². The van der Waals surface area contributed by atoms with Gasteiger partial charge in [-0.1, -0.05) is 0 Å². The van der Waals surface area contributed by atoms with Gasteiger partial charge < -0.3 is 20.1 Å². The maximum Gasteiger partial charge on any atom is 0.280 e. The molecule has 2 aromatic heterocycles. The second-order valence-corrected chi connectivity index (χ2v) is 5.91. The van der Waals surface area contributed by atoms with Gasteiger partial charge in [-0.15, -0.1) is 0 Å². The summed E-state index contributed by atoms with van der Waals surface area (Å²) in [5.74, 6) is -1.39. The normalized spacial score (nSPS) is 28.4. The highest BCUT2D eigenvalue weighted by Crippen LogP contribution is 2.38. The van der Waals surface area contributed by atoms with Crippen molar-refractivity contribution in [3.63, 3.8) is 0 Å². The summed E-state index contributed by atoms with van der Waals surface area (Å²) in [7, 11) is 0. The summed E-state index contributed by atoms with van der Waals surface area (Å²) in [6.07, 6.45) is -3.48. The number of rotatable bonds is 4. The number of amides is 1. The number of aliphatic hydroxyl groups is 3. The number of anilines is 1. The molecule has 12 nitrogen and oxygen atoms in total. The van der Waals surface area contributed by atoms with Crippen molar-refractivity contribution in [2.45, 2.75) is 37.9 Å². The summed E-state index contributed by atoms with van der Waals surface area (Å²) in [5, 5.41) is 32.1. The number of hydrogen-bond donors (Lipinski definition) is 5. The molecule has 2 aromatic rings. The number of hydrogen-bond acceptors (Lipinski definition) is 9. The molecule has 5 N–H and O–H groups in total. The van der Waals surface area contributed by atoms with Gasteiger partial charge in [-0.2, -0.15) is 4.98 Å². The van der Waals surface area contributed by atoms with Gasteiger partial charge in [-0.05, 0) is 6.92 Å². The monoisotopic (exact) mass is 367 g/mol. The number of nitrogens with zero attached hydrogens (tertiary/aromatic N) is 3. The number of aromatic nitrogens is 4. The van der Waals surface area contributed by atoms with Crippen LogP contribution in [0.2, 0.25) is 0 Å². The molecule has 1 aliphatic rings. The van der Waals surface area contributed by atoms with Gasteiger partial charge in [0.25, 0.3) is 5.56 Å². The van der Waals surface area contributed by atoms with Crippen molar-refractivity contribution in [3.05, 3.63) is 16.7 Å². The Bertz CT molecular complexity index is 937. The average molecular weight is 367 g/mol. The fourth-order valence-electron chi connectivity index (χ4n) is 2.99. The van der Waals surface area contributed by atoms with Gasteiger partial charge in [0, 0.05) is 6.92 Å². The molecule has 1 fully saturated rings. The van der Waals surface area contributed by atoms with Crippen LogP contribution in [0.25, 0.3) is 11.2 Å². The molecule has 0 bridgehead atoms. The van der Waals surface area contributed by atoms with E-state index in [9.17, 15) is 29.7 Å². The van der Waals surface area contributed by atoms with Crippen molar-refractivity contribution < 1.29 is 29.6 Å². The van der Waals surface area contributed by atoms with E-state index in [1.807, 2.05) is 0 Å². The third-order valence-electron chi connectivity index (χ3n) is 4.18. The van der Waals surface area contributed by atoms with E-state index in [2.05, 4.69) is 20.3 Å². The Morgan fingerprint density at radius 3 is 2.65 bits per heavy atom. The van der Waals surface area contributed by atoms with E-state index in [1.54, 1.807) is 0 Å². The van der Waals surface area contributed by atoms with Crippen molar-refractivity contribution in [2.75, 3.05) is 11.9 Å². The van der Waals surface area contributed by atoms with Crippen molar-refractivity contribution >= 4 is 28.8 Å². The molecule has 0 radical (unpaired) electrons. The molecule has 1 aliphatic heterocycles. The van der Waals surface area contributed by atoms with E-state index >= 15 is 0 Å². The van der Waals surface area contributed by atoms with Gasteiger partial charge in [0.05, 0.1) is 6.61 Å². The van der Waals surface area contributed by atoms with Crippen LogP contribution in [-0.2, 0) is 20.1 Å². The van der Waals surface area contributed by atoms with Gasteiger partial charge in [-0.25, -0.2) is 4.98 Å². The first-order chi connectivity index (χ1) is 12.2. The number of Topliss-reactive ketones (excluding diaryl/α,β-unsaturated/α-hetero) is 1. The summed E-state index contributed by atoms with van der Waals surface area (Å²) in [6.45, 7) is 1.68. The van der Waals surface area contributed by atoms with E-state index in [4.69, 9.17) is 4.74 Å². The van der Waals surface area contributed by atoms with Gasteiger partial charge in [-0.3, -0.25) is 29.3 Å². The molecular weight excluding hydrogens is 350 g/mol. The Labute approximate surface area is 145 Å². The van der Waals surface area contributed by atoms with Crippen LogP contribution in [0.5, 0.6) is 0 Å². The van der Waals surface area contributed by atoms with Crippen LogP contribution < -0.4 is 10.9 Å². The van der Waals surface area contributed by atoms with E-state index in [0.717, 1.165) is 17.8 Å². The molecule has 0 spiro atoms. The molecule has 3 rings (SSSR count). The fourth-order valence-corrected chi connectivity index (χ4v) is 2.99. The van der Waals surface area contributed by atoms with Gasteiger partial charge in [0.2, 0.25) is 17.6 Å². The molecule has 0 aliphatic carbocycles. The number of aliphatic hydroxyl groups excluding tert-OH is 3. The largest absolute Gasteiger partial charge is 0.394 e. The van der Waals surface area contributed by atoms with Crippen molar-refractivity contribution in [3.8, 4) is 0 Å². The number of imidazole rings is 1. The van der Waals surface area contributed by atoms with Crippen molar-refractivity contribution in [2.24, 2.45) is 0 Å². The van der Waals surface area contributed by atoms with Crippen LogP contribution >= 0.6 is 0 Å². The molecule has 0 unspecified atom stereocenters. The highest BCUT2D eigenvalue weighted by molar-refractivity contribution is 5.88. The molecule has 4 atom stereocenters. The quantitative estimate of drug-likeness (QED) is 0.388. The number of carbonyl (C=O) groups is 2. The second-order valence-electron chi connectivity index (χ2n) is 5.91. The van der Waals surface area contributed by atoms with E-state index in [-0.39, 0.29) is 17.1 Å². The number of ether oxygens (including phenoxy) is 1. The van der Waals surface area contributed by atoms with Crippen molar-refractivity contribution in [1.82, 2.24) is 19.5 Å². The first kappa shape index (κ1) is 18.1. The third kappa shape index (κ3) is 2.50. The van der Waals surface area contributed by atoms with Crippen LogP contribution in [-0.4, -0.2) is 71.4 Å². The Morgan fingerprint density at radius 1 is 1.42 bits per heavy atom. The van der Waals surface area contributed by atoms with Crippen LogP contribution in [0.4, 0.5) is 5.95 Å². The summed E-state index contributed by atoms with van der Waals surface area (Å²) >= 11 is 0. The number of H-pyrrole nitrogens is 1. The molecule has 12 heteroatoms. The maximum absolute atomic E-state index is 12.4. The predicted octanol–water partition coefficient (Wildman–Crippen LogP) is -2.57. The first-order valence-electron chi connectivity index (χ1n) is 7.63. The number of ketones is 1. The maximum atomic E-state index is 12.4. The standard InChI is InChI=1S/C14H17N5O7/c1-5(21)14(10(24)9(23)7(3-20)26-14)19-4-15-8-11(19)17-13(16-6(2)22)18-12(8)25/h4,7,9-10,20,23-24H,3H2,1-2H3,(H2,16,17,18,22,25)/t7-,9-,10-,14-/m1/s1. The fraction of sp³-hybridized carbons (Fsp3) is 0.500. The Kier molecular flexibility index (Phi) is 4.36. The highest BCUT2D eigenvalue weighted by atomic mass is 16.6. The number of fused-ring (bicyclic) bond motifs is 1. The van der Waals surface area contributed by atoms with Gasteiger partial charge in [0.15, 0.2) is 16.9 Å². The second kappa shape index (κ2) is 6.25. The summed E-state index contributed by atoms with van der Waals surface area (Å²) in [6, 6.07) is 0. The molecule has 26 heavy (non-hydrogen) atoms. The molecule has 1 amide bonds. The molecular formula is C14H17N5O7. The minimum atomic E-state index is -2.14. The minimum Gasteiger partial charge on any atom is -0.394 e. The first-order valence-corrected chi connectivity index (χ1v) is 7.63. The van der Waals surface area contributed by atoms with Crippen LogP contribution in [0.15, 0.2) is 11.1 Å². The van der Waals surface area contributed by atoms with E-state index < -0.39 is 47.9 Å². The van der Waals surface area contributed by atoms with E-state index in [0.29, 0.717) is 0 Å². The number of nitrogens with one attached hydrogen (secondary N) is 2. The van der Waals surface area contributed by atoms with Crippen LogP contribution in [0, 0.1) is 0 Å². The van der Waals surface area contributed by atoms with Crippen molar-refractivity contribution in [1.29, 1.82) is 0 Å². The zero-order valence-electron chi connectivity index (χ0n) is 13.8. The lowest BCUT2D eigenvalue weighted by Gasteiger charge is -2.30.